The molecular weight excluding hydrogens is 271 g/mol. The van der Waals surface area contributed by atoms with Crippen LogP contribution in [0.2, 0.25) is 0 Å². The van der Waals surface area contributed by atoms with Crippen LogP contribution in [0.5, 0.6) is 0 Å². The van der Waals surface area contributed by atoms with Crippen molar-refractivity contribution < 1.29 is 9.31 Å². The van der Waals surface area contributed by atoms with Crippen LogP contribution in [0.15, 0.2) is 36.4 Å². The highest BCUT2D eigenvalue weighted by molar-refractivity contribution is 5.56. The number of nitrogens with one attached hydrogen (secondary N) is 1. The van der Waals surface area contributed by atoms with Gasteiger partial charge in [0.15, 0.2) is 0 Å². The van der Waals surface area contributed by atoms with Crippen LogP contribution in [0, 0.1) is 22.9 Å². The van der Waals surface area contributed by atoms with Crippen LogP contribution in [-0.4, -0.2) is 4.92 Å². The molecule has 1 unspecified atom stereocenters. The molecule has 21 heavy (non-hydrogen) atoms. The number of hydrogen-bond acceptors (Lipinski definition) is 3. The van der Waals surface area contributed by atoms with Crippen molar-refractivity contribution in [1.29, 1.82) is 0 Å². The Labute approximate surface area is 121 Å². The summed E-state index contributed by atoms with van der Waals surface area (Å²) >= 11 is 0. The maximum atomic E-state index is 13.2. The van der Waals surface area contributed by atoms with Crippen molar-refractivity contribution in [1.82, 2.24) is 0 Å². The molecular formula is C16H15FN2O2. The topological polar surface area (TPSA) is 55.2 Å². The van der Waals surface area contributed by atoms with Gasteiger partial charge in [-0.25, -0.2) is 4.39 Å². The second-order valence-electron chi connectivity index (χ2n) is 5.34. The van der Waals surface area contributed by atoms with E-state index in [1.165, 1.54) is 6.07 Å². The number of rotatable bonds is 3. The van der Waals surface area contributed by atoms with Gasteiger partial charge in [0.2, 0.25) is 0 Å². The molecule has 108 valence electrons. The van der Waals surface area contributed by atoms with Crippen molar-refractivity contribution in [3.8, 4) is 0 Å². The Morgan fingerprint density at radius 2 is 2.10 bits per heavy atom. The summed E-state index contributed by atoms with van der Waals surface area (Å²) in [6.45, 7) is 1.72. The summed E-state index contributed by atoms with van der Waals surface area (Å²) in [5.74, 6) is -0.222. The molecule has 0 fully saturated rings. The van der Waals surface area contributed by atoms with Gasteiger partial charge in [-0.05, 0) is 49.1 Å². The van der Waals surface area contributed by atoms with Gasteiger partial charge in [0.05, 0.1) is 11.0 Å². The van der Waals surface area contributed by atoms with Crippen LogP contribution in [0.25, 0.3) is 0 Å². The normalized spacial score (nSPS) is 16.6. The minimum Gasteiger partial charge on any atom is -0.378 e. The van der Waals surface area contributed by atoms with E-state index in [1.54, 1.807) is 31.2 Å². The molecule has 1 aliphatic rings. The van der Waals surface area contributed by atoms with E-state index in [0.29, 0.717) is 5.56 Å². The first-order chi connectivity index (χ1) is 10.0. The highest BCUT2D eigenvalue weighted by atomic mass is 19.1. The standard InChI is InChI=1S/C16H15FN2O2/c1-10-2-5-13(9-16(10)19(20)21)18-15-7-3-11-8-12(17)4-6-14(11)15/h2,4-6,8-9,15,18H,3,7H2,1H3. The molecule has 0 radical (unpaired) electrons. The van der Waals surface area contributed by atoms with Gasteiger partial charge in [0.25, 0.3) is 5.69 Å². The lowest BCUT2D eigenvalue weighted by Gasteiger charge is -2.15. The summed E-state index contributed by atoms with van der Waals surface area (Å²) in [5.41, 5.74) is 3.54. The van der Waals surface area contributed by atoms with E-state index in [4.69, 9.17) is 0 Å². The molecule has 2 aromatic carbocycles. The number of hydrogen-bond donors (Lipinski definition) is 1. The van der Waals surface area contributed by atoms with Crippen molar-refractivity contribution in [3.05, 3.63) is 69.0 Å². The second-order valence-corrected chi connectivity index (χ2v) is 5.34. The molecule has 0 saturated carbocycles. The second kappa shape index (κ2) is 5.16. The maximum Gasteiger partial charge on any atom is 0.274 e. The van der Waals surface area contributed by atoms with Crippen LogP contribution in [0.4, 0.5) is 15.8 Å². The lowest BCUT2D eigenvalue weighted by atomic mass is 10.1. The molecule has 1 aliphatic carbocycles. The zero-order valence-corrected chi connectivity index (χ0v) is 11.6. The van der Waals surface area contributed by atoms with Crippen LogP contribution >= 0.6 is 0 Å². The fourth-order valence-corrected chi connectivity index (χ4v) is 2.83. The van der Waals surface area contributed by atoms with Gasteiger partial charge in [-0.1, -0.05) is 12.1 Å². The summed E-state index contributed by atoms with van der Waals surface area (Å²) in [4.78, 5) is 10.6. The zero-order chi connectivity index (χ0) is 15.0. The monoisotopic (exact) mass is 286 g/mol. The van der Waals surface area contributed by atoms with Gasteiger partial charge in [0, 0.05) is 17.3 Å². The SMILES string of the molecule is Cc1ccc(NC2CCc3cc(F)ccc32)cc1[N+](=O)[O-]. The van der Waals surface area contributed by atoms with Crippen molar-refractivity contribution in [3.63, 3.8) is 0 Å². The summed E-state index contributed by atoms with van der Waals surface area (Å²) in [6, 6.07) is 10.0. The van der Waals surface area contributed by atoms with E-state index in [0.717, 1.165) is 29.7 Å². The van der Waals surface area contributed by atoms with Crippen LogP contribution in [0.1, 0.15) is 29.2 Å². The highest BCUT2D eigenvalue weighted by Gasteiger charge is 2.23. The molecule has 0 amide bonds. The van der Waals surface area contributed by atoms with Gasteiger partial charge in [-0.15, -0.1) is 0 Å². The highest BCUT2D eigenvalue weighted by Crippen LogP contribution is 2.35. The number of nitrogens with zero attached hydrogens (tertiary/aromatic N) is 1. The average Bonchev–Trinajstić information content (AvgIpc) is 2.83. The molecule has 2 aromatic rings. The van der Waals surface area contributed by atoms with Gasteiger partial charge in [-0.2, -0.15) is 0 Å². The third-order valence-electron chi connectivity index (χ3n) is 3.93. The average molecular weight is 286 g/mol. The molecule has 3 rings (SSSR count). The third-order valence-corrected chi connectivity index (χ3v) is 3.93. The maximum absolute atomic E-state index is 13.2. The number of benzene rings is 2. The van der Waals surface area contributed by atoms with Crippen molar-refractivity contribution in [2.45, 2.75) is 25.8 Å². The lowest BCUT2D eigenvalue weighted by Crippen LogP contribution is -2.07. The molecule has 0 saturated heterocycles. The first-order valence-electron chi connectivity index (χ1n) is 6.84. The Kier molecular flexibility index (Phi) is 3.33. The minimum atomic E-state index is -0.377. The van der Waals surface area contributed by atoms with Crippen molar-refractivity contribution in [2.75, 3.05) is 5.32 Å². The minimum absolute atomic E-state index is 0.0721. The Bertz CT molecular complexity index is 715. The van der Waals surface area contributed by atoms with Gasteiger partial charge in [-0.3, -0.25) is 10.1 Å². The van der Waals surface area contributed by atoms with Gasteiger partial charge >= 0.3 is 0 Å². The van der Waals surface area contributed by atoms with Crippen molar-refractivity contribution in [2.24, 2.45) is 0 Å². The predicted octanol–water partition coefficient (Wildman–Crippen LogP) is 4.14. The summed E-state index contributed by atoms with van der Waals surface area (Å²) in [7, 11) is 0. The van der Waals surface area contributed by atoms with E-state index < -0.39 is 0 Å². The predicted molar refractivity (Wildman–Crippen MR) is 78.9 cm³/mol. The van der Waals surface area contributed by atoms with Crippen molar-refractivity contribution >= 4 is 11.4 Å². The van der Waals surface area contributed by atoms with Crippen LogP contribution in [-0.2, 0) is 6.42 Å². The lowest BCUT2D eigenvalue weighted by molar-refractivity contribution is -0.385. The fraction of sp³-hybridized carbons (Fsp3) is 0.250. The molecule has 0 spiro atoms. The first-order valence-corrected chi connectivity index (χ1v) is 6.84. The van der Waals surface area contributed by atoms with Gasteiger partial charge < -0.3 is 5.32 Å². The smallest absolute Gasteiger partial charge is 0.274 e. The molecule has 0 aliphatic heterocycles. The number of anilines is 1. The largest absolute Gasteiger partial charge is 0.378 e. The van der Waals surface area contributed by atoms with Gasteiger partial charge in [0.1, 0.15) is 5.82 Å². The van der Waals surface area contributed by atoms with E-state index in [2.05, 4.69) is 5.32 Å². The van der Waals surface area contributed by atoms with E-state index >= 15 is 0 Å². The fourth-order valence-electron chi connectivity index (χ4n) is 2.83. The summed E-state index contributed by atoms with van der Waals surface area (Å²) in [5, 5.41) is 14.3. The Balaban J connectivity index is 1.86. The Hall–Kier alpha value is -2.43. The summed E-state index contributed by atoms with van der Waals surface area (Å²) in [6.07, 6.45) is 1.68. The third kappa shape index (κ3) is 2.59. The van der Waals surface area contributed by atoms with E-state index in [-0.39, 0.29) is 22.5 Å². The van der Waals surface area contributed by atoms with Crippen LogP contribution < -0.4 is 5.32 Å². The number of fused-ring (bicyclic) bond motifs is 1. The number of nitro benzene ring substituents is 1. The molecule has 4 nitrogen and oxygen atoms in total. The molecule has 1 atom stereocenters. The number of halogens is 1. The molecule has 0 aromatic heterocycles. The quantitative estimate of drug-likeness (QED) is 0.681. The molecule has 0 bridgehead atoms. The Morgan fingerprint density at radius 3 is 2.86 bits per heavy atom. The van der Waals surface area contributed by atoms with E-state index in [1.807, 2.05) is 6.07 Å². The molecule has 1 N–H and O–H groups in total. The molecule has 5 heteroatoms. The number of nitro groups is 1. The molecule has 0 heterocycles. The summed E-state index contributed by atoms with van der Waals surface area (Å²) < 4.78 is 13.2. The van der Waals surface area contributed by atoms with E-state index in [9.17, 15) is 14.5 Å². The van der Waals surface area contributed by atoms with Crippen LogP contribution in [0.3, 0.4) is 0 Å². The Morgan fingerprint density at radius 1 is 1.29 bits per heavy atom. The first kappa shape index (κ1) is 13.5. The number of aryl methyl sites for hydroxylation is 2. The zero-order valence-electron chi connectivity index (χ0n) is 11.6.